The number of aliphatic carboxylic acids is 1. The molecular weight excluding hydrogens is 273 g/mol. The Labute approximate surface area is 111 Å². The summed E-state index contributed by atoms with van der Waals surface area (Å²) >= 11 is 0. The molecule has 1 heterocycles. The van der Waals surface area contributed by atoms with E-state index in [1.807, 2.05) is 0 Å². The molecule has 0 amide bonds. The molecule has 0 aliphatic carbocycles. The first kappa shape index (κ1) is 13.9. The lowest BCUT2D eigenvalue weighted by molar-refractivity contribution is -0.137. The smallest absolute Gasteiger partial charge is 0.419 e. The number of carbonyl (C=O) groups is 1. The highest BCUT2D eigenvalue weighted by molar-refractivity contribution is 5.85. The van der Waals surface area contributed by atoms with Crippen LogP contribution in [0.1, 0.15) is 11.1 Å². The standard InChI is InChI=1S/C13H9F3N2O2/c14-13(15,16)10-7-17-18(8-10)11-3-1-2-9(6-11)4-5-12(19)20/h1-8H,(H,19,20). The molecule has 0 unspecified atom stereocenters. The van der Waals surface area contributed by atoms with Crippen molar-refractivity contribution < 1.29 is 23.1 Å². The van der Waals surface area contributed by atoms with Crippen LogP contribution >= 0.6 is 0 Å². The molecule has 0 aliphatic heterocycles. The molecule has 0 atom stereocenters. The third-order valence-electron chi connectivity index (χ3n) is 2.46. The van der Waals surface area contributed by atoms with Gasteiger partial charge in [0.1, 0.15) is 0 Å². The monoisotopic (exact) mass is 282 g/mol. The molecule has 0 saturated carbocycles. The molecule has 1 aromatic heterocycles. The van der Waals surface area contributed by atoms with Gasteiger partial charge in [0.25, 0.3) is 0 Å². The molecule has 2 rings (SSSR count). The van der Waals surface area contributed by atoms with Gasteiger partial charge < -0.3 is 5.11 Å². The first-order valence-corrected chi connectivity index (χ1v) is 5.49. The zero-order valence-corrected chi connectivity index (χ0v) is 10.0. The van der Waals surface area contributed by atoms with E-state index in [-0.39, 0.29) is 0 Å². The Kier molecular flexibility index (Phi) is 3.60. The molecule has 0 aliphatic rings. The summed E-state index contributed by atoms with van der Waals surface area (Å²) in [5, 5.41) is 12.2. The van der Waals surface area contributed by atoms with Gasteiger partial charge in [-0.1, -0.05) is 12.1 Å². The predicted octanol–water partition coefficient (Wildman–Crippen LogP) is 2.99. The molecular formula is C13H9F3N2O2. The number of hydrogen-bond acceptors (Lipinski definition) is 2. The second-order valence-electron chi connectivity index (χ2n) is 3.94. The molecule has 2 aromatic rings. The summed E-state index contributed by atoms with van der Waals surface area (Å²) in [6.07, 6.45) is -0.539. The molecule has 4 nitrogen and oxygen atoms in total. The van der Waals surface area contributed by atoms with Gasteiger partial charge in [0, 0.05) is 12.3 Å². The zero-order chi connectivity index (χ0) is 14.8. The molecule has 0 saturated heterocycles. The maximum Gasteiger partial charge on any atom is 0.419 e. The molecule has 7 heteroatoms. The number of alkyl halides is 3. The van der Waals surface area contributed by atoms with Crippen LogP contribution in [0.3, 0.4) is 0 Å². The first-order chi connectivity index (χ1) is 9.36. The average molecular weight is 282 g/mol. The van der Waals surface area contributed by atoms with Crippen molar-refractivity contribution in [2.75, 3.05) is 0 Å². The summed E-state index contributed by atoms with van der Waals surface area (Å²) in [5.41, 5.74) is 0.117. The summed E-state index contributed by atoms with van der Waals surface area (Å²) in [4.78, 5) is 10.4. The fourth-order valence-electron chi connectivity index (χ4n) is 1.55. The van der Waals surface area contributed by atoms with Gasteiger partial charge >= 0.3 is 12.1 Å². The Hall–Kier alpha value is -2.57. The number of benzene rings is 1. The van der Waals surface area contributed by atoms with Crippen molar-refractivity contribution in [3.8, 4) is 5.69 Å². The van der Waals surface area contributed by atoms with Crippen LogP contribution in [0.4, 0.5) is 13.2 Å². The zero-order valence-electron chi connectivity index (χ0n) is 10.0. The highest BCUT2D eigenvalue weighted by atomic mass is 19.4. The van der Waals surface area contributed by atoms with Crippen molar-refractivity contribution in [3.63, 3.8) is 0 Å². The van der Waals surface area contributed by atoms with E-state index in [0.717, 1.165) is 23.2 Å². The minimum atomic E-state index is -4.45. The van der Waals surface area contributed by atoms with Crippen LogP contribution in [0.25, 0.3) is 11.8 Å². The van der Waals surface area contributed by atoms with E-state index in [2.05, 4.69) is 5.10 Å². The number of nitrogens with zero attached hydrogens (tertiary/aromatic N) is 2. The molecule has 1 aromatic carbocycles. The van der Waals surface area contributed by atoms with Gasteiger partial charge in [0.15, 0.2) is 0 Å². The minimum absolute atomic E-state index is 0.410. The van der Waals surface area contributed by atoms with E-state index in [1.54, 1.807) is 18.2 Å². The van der Waals surface area contributed by atoms with Crippen LogP contribution < -0.4 is 0 Å². The lowest BCUT2D eigenvalue weighted by Crippen LogP contribution is -2.03. The van der Waals surface area contributed by atoms with Gasteiger partial charge in [0.05, 0.1) is 17.4 Å². The van der Waals surface area contributed by atoms with Gasteiger partial charge in [-0.15, -0.1) is 0 Å². The predicted molar refractivity (Wildman–Crippen MR) is 65.2 cm³/mol. The Morgan fingerprint density at radius 1 is 1.35 bits per heavy atom. The highest BCUT2D eigenvalue weighted by Gasteiger charge is 2.32. The molecule has 0 fully saturated rings. The van der Waals surface area contributed by atoms with E-state index in [9.17, 15) is 18.0 Å². The van der Waals surface area contributed by atoms with E-state index in [0.29, 0.717) is 11.3 Å². The van der Waals surface area contributed by atoms with Crippen molar-refractivity contribution in [1.82, 2.24) is 9.78 Å². The molecule has 0 spiro atoms. The Morgan fingerprint density at radius 3 is 2.70 bits per heavy atom. The third kappa shape index (κ3) is 3.25. The van der Waals surface area contributed by atoms with E-state index < -0.39 is 17.7 Å². The maximum atomic E-state index is 12.5. The lowest BCUT2D eigenvalue weighted by Gasteiger charge is -2.03. The van der Waals surface area contributed by atoms with Gasteiger partial charge in [-0.3, -0.25) is 0 Å². The third-order valence-corrected chi connectivity index (χ3v) is 2.46. The topological polar surface area (TPSA) is 55.1 Å². The normalized spacial score (nSPS) is 11.9. The second-order valence-corrected chi connectivity index (χ2v) is 3.94. The van der Waals surface area contributed by atoms with Gasteiger partial charge in [-0.2, -0.15) is 18.3 Å². The van der Waals surface area contributed by atoms with Crippen LogP contribution in [-0.4, -0.2) is 20.9 Å². The Balaban J connectivity index is 2.31. The van der Waals surface area contributed by atoms with Gasteiger partial charge in [-0.25, -0.2) is 9.48 Å². The summed E-state index contributed by atoms with van der Waals surface area (Å²) in [6, 6.07) is 6.35. The highest BCUT2D eigenvalue weighted by Crippen LogP contribution is 2.29. The second kappa shape index (κ2) is 5.20. The number of halogens is 3. The van der Waals surface area contributed by atoms with Crippen molar-refractivity contribution in [2.45, 2.75) is 6.18 Å². The molecule has 0 bridgehead atoms. The summed E-state index contributed by atoms with van der Waals surface area (Å²) < 4.78 is 38.5. The molecule has 0 radical (unpaired) electrons. The van der Waals surface area contributed by atoms with E-state index >= 15 is 0 Å². The van der Waals surface area contributed by atoms with Crippen molar-refractivity contribution in [1.29, 1.82) is 0 Å². The minimum Gasteiger partial charge on any atom is -0.478 e. The van der Waals surface area contributed by atoms with Crippen LogP contribution in [-0.2, 0) is 11.0 Å². The largest absolute Gasteiger partial charge is 0.478 e. The van der Waals surface area contributed by atoms with Crippen molar-refractivity contribution >= 4 is 12.0 Å². The fraction of sp³-hybridized carbons (Fsp3) is 0.0769. The van der Waals surface area contributed by atoms with Gasteiger partial charge in [-0.05, 0) is 23.8 Å². The first-order valence-electron chi connectivity index (χ1n) is 5.49. The van der Waals surface area contributed by atoms with Crippen LogP contribution in [0.5, 0.6) is 0 Å². The van der Waals surface area contributed by atoms with E-state index in [4.69, 9.17) is 5.11 Å². The van der Waals surface area contributed by atoms with Crippen LogP contribution in [0.15, 0.2) is 42.7 Å². The fourth-order valence-corrected chi connectivity index (χ4v) is 1.55. The Morgan fingerprint density at radius 2 is 2.10 bits per heavy atom. The van der Waals surface area contributed by atoms with Crippen LogP contribution in [0.2, 0.25) is 0 Å². The maximum absolute atomic E-state index is 12.5. The summed E-state index contributed by atoms with van der Waals surface area (Å²) in [5.74, 6) is -1.10. The van der Waals surface area contributed by atoms with Crippen LogP contribution in [0, 0.1) is 0 Å². The number of carboxylic acid groups (broad SMARTS) is 1. The lowest BCUT2D eigenvalue weighted by atomic mass is 10.2. The number of aromatic nitrogens is 2. The summed E-state index contributed by atoms with van der Waals surface area (Å²) in [7, 11) is 0. The van der Waals surface area contributed by atoms with Crippen molar-refractivity contribution in [2.24, 2.45) is 0 Å². The SMILES string of the molecule is O=C(O)C=Cc1cccc(-n2cc(C(F)(F)F)cn2)c1. The molecule has 104 valence electrons. The average Bonchev–Trinajstić information content (AvgIpc) is 2.86. The number of hydrogen-bond donors (Lipinski definition) is 1. The molecule has 1 N–H and O–H groups in total. The van der Waals surface area contributed by atoms with Crippen molar-refractivity contribution in [3.05, 3.63) is 53.9 Å². The quantitative estimate of drug-likeness (QED) is 0.880. The number of rotatable bonds is 3. The van der Waals surface area contributed by atoms with Gasteiger partial charge in [0.2, 0.25) is 0 Å². The number of carboxylic acids is 1. The molecule has 20 heavy (non-hydrogen) atoms. The summed E-state index contributed by atoms with van der Waals surface area (Å²) in [6.45, 7) is 0. The Bertz CT molecular complexity index is 660. The van der Waals surface area contributed by atoms with E-state index in [1.165, 1.54) is 12.1 Å².